The molecule has 6 heterocycles. The number of allylic oxidation sites excluding steroid dienone is 2. The fraction of sp³-hybridized carbons (Fsp3) is 0.491. The van der Waals surface area contributed by atoms with Crippen LogP contribution in [0, 0.1) is 0 Å². The van der Waals surface area contributed by atoms with Crippen LogP contribution in [0.15, 0.2) is 69.7 Å². The molecule has 2 atom stereocenters. The van der Waals surface area contributed by atoms with Crippen LogP contribution in [-0.4, -0.2) is 185 Å². The van der Waals surface area contributed by atoms with E-state index in [2.05, 4.69) is 0 Å². The van der Waals surface area contributed by atoms with Gasteiger partial charge in [-0.15, -0.1) is 5.06 Å². The van der Waals surface area contributed by atoms with Gasteiger partial charge in [0.05, 0.1) is 119 Å². The minimum Gasteiger partial charge on any atom is -0.493 e. The molecule has 5 aliphatic heterocycles. The largest absolute Gasteiger partial charge is 0.493 e. The predicted octanol–water partition coefficient (Wildman–Crippen LogP) is 5.69. The van der Waals surface area contributed by atoms with Gasteiger partial charge in [-0.3, -0.25) is 38.9 Å². The molecule has 428 valence electrons. The van der Waals surface area contributed by atoms with Crippen LogP contribution in [0.3, 0.4) is 0 Å². The molecule has 0 saturated carbocycles. The van der Waals surface area contributed by atoms with Gasteiger partial charge < -0.3 is 62.2 Å². The number of amides is 5. The summed E-state index contributed by atoms with van der Waals surface area (Å²) in [5.41, 5.74) is 4.82. The van der Waals surface area contributed by atoms with Crippen molar-refractivity contribution in [3.63, 3.8) is 0 Å². The van der Waals surface area contributed by atoms with E-state index < -0.39 is 17.8 Å². The van der Waals surface area contributed by atoms with Gasteiger partial charge in [0.2, 0.25) is 5.91 Å². The number of imide groups is 1. The Labute approximate surface area is 464 Å². The molecule has 3 aromatic rings. The van der Waals surface area contributed by atoms with Crippen LogP contribution in [0.2, 0.25) is 0 Å². The van der Waals surface area contributed by atoms with Crippen molar-refractivity contribution in [3.8, 4) is 28.7 Å². The lowest BCUT2D eigenvalue weighted by atomic mass is 10.1. The Bertz CT molecular complexity index is 2740. The van der Waals surface area contributed by atoms with Gasteiger partial charge in [-0.25, -0.2) is 4.79 Å². The molecule has 5 aliphatic rings. The van der Waals surface area contributed by atoms with Gasteiger partial charge in [0, 0.05) is 82.7 Å². The third-order valence-corrected chi connectivity index (χ3v) is 13.9. The van der Waals surface area contributed by atoms with Crippen molar-refractivity contribution < 1.29 is 76.2 Å². The lowest BCUT2D eigenvalue weighted by molar-refractivity contribution is -0.197. The first kappa shape index (κ1) is 58.4. The van der Waals surface area contributed by atoms with Crippen LogP contribution in [0.5, 0.6) is 28.7 Å². The van der Waals surface area contributed by atoms with E-state index in [-0.39, 0.29) is 108 Å². The highest BCUT2D eigenvalue weighted by atomic mass is 16.7. The number of aromatic nitrogens is 1. The molecule has 1 aromatic heterocycles. The van der Waals surface area contributed by atoms with Crippen LogP contribution < -0.4 is 23.7 Å². The quantitative estimate of drug-likeness (QED) is 0.0460. The second-order valence-electron chi connectivity index (χ2n) is 19.2. The number of carbonyl (C=O) groups is 6. The van der Waals surface area contributed by atoms with Crippen LogP contribution in [0.1, 0.15) is 90.9 Å². The number of nitrogens with zero attached hydrogens (tertiary/aromatic N) is 7. The average Bonchev–Trinajstić information content (AvgIpc) is 4.16. The topological polar surface area (TPSA) is 245 Å². The molecule has 80 heavy (non-hydrogen) atoms. The Kier molecular flexibility index (Phi) is 20.8. The molecule has 0 unspecified atom stereocenters. The zero-order valence-electron chi connectivity index (χ0n) is 45.9. The van der Waals surface area contributed by atoms with E-state index in [0.29, 0.717) is 127 Å². The monoisotopic (exact) mass is 1110 g/mol. The van der Waals surface area contributed by atoms with Gasteiger partial charge in [0.25, 0.3) is 23.6 Å². The van der Waals surface area contributed by atoms with Crippen molar-refractivity contribution >= 4 is 59.3 Å². The standard InChI is InChI=1S/C57H69N7O16/c1-6-37-23-41-31-58-46-29-50(48(72-4)27-44(46)56(69)62(41)33-37)78-35-39-25-43(26-40(60-39)36-79-51-30-47-45(28-49(51)73-5)57(70)63-34-38(7-2)24-42(63)32-59-47)77-16-14-61(13-8-9-55(68)80-64-53(66)10-11-54(64)67)52(65)12-15-74-19-20-76-22-21-75-18-17-71-3/h6-7,25-32,41-42H,8-24,33-36H2,1-5H3/b37-6+,38-7+/t41-,42-/m0/s1. The van der Waals surface area contributed by atoms with Gasteiger partial charge in [-0.05, 0) is 45.2 Å². The van der Waals surface area contributed by atoms with Crippen molar-refractivity contribution in [2.24, 2.45) is 9.98 Å². The highest BCUT2D eigenvalue weighted by molar-refractivity contribution is 6.05. The fourth-order valence-corrected chi connectivity index (χ4v) is 9.54. The minimum atomic E-state index is -0.785. The van der Waals surface area contributed by atoms with Gasteiger partial charge >= 0.3 is 5.97 Å². The Morgan fingerprint density at radius 1 is 0.613 bits per heavy atom. The molecule has 8 rings (SSSR count). The number of methoxy groups -OCH3 is 3. The van der Waals surface area contributed by atoms with E-state index >= 15 is 0 Å². The normalized spacial score (nSPS) is 18.3. The second-order valence-corrected chi connectivity index (χ2v) is 19.2. The maximum Gasteiger partial charge on any atom is 0.333 e. The van der Waals surface area contributed by atoms with Crippen molar-refractivity contribution in [2.75, 3.05) is 100 Å². The average molecular weight is 1110 g/mol. The number of rotatable bonds is 29. The third kappa shape index (κ3) is 14.9. The first-order chi connectivity index (χ1) is 38.9. The molecule has 0 radical (unpaired) electrons. The molecule has 23 nitrogen and oxygen atoms in total. The fourth-order valence-electron chi connectivity index (χ4n) is 9.54. The summed E-state index contributed by atoms with van der Waals surface area (Å²) in [6, 6.07) is 9.65. The molecule has 3 fully saturated rings. The van der Waals surface area contributed by atoms with E-state index in [1.54, 1.807) is 65.7 Å². The summed E-state index contributed by atoms with van der Waals surface area (Å²) in [4.78, 5) is 103. The van der Waals surface area contributed by atoms with Crippen LogP contribution in [0.25, 0.3) is 0 Å². The van der Waals surface area contributed by atoms with Gasteiger partial charge in [-0.2, -0.15) is 0 Å². The highest BCUT2D eigenvalue weighted by Gasteiger charge is 2.37. The Balaban J connectivity index is 0.978. The zero-order chi connectivity index (χ0) is 56.5. The lowest BCUT2D eigenvalue weighted by Crippen LogP contribution is -2.37. The maximum absolute atomic E-state index is 13.8. The molecule has 0 spiro atoms. The van der Waals surface area contributed by atoms with E-state index in [1.165, 1.54) is 19.1 Å². The second kappa shape index (κ2) is 28.4. The molecule has 0 aliphatic carbocycles. The Hall–Kier alpha value is -7.73. The number of aliphatic imine (C=N–C) groups is 2. The zero-order valence-corrected chi connectivity index (χ0v) is 45.9. The van der Waals surface area contributed by atoms with Crippen molar-refractivity contribution in [1.82, 2.24) is 24.7 Å². The van der Waals surface area contributed by atoms with Crippen molar-refractivity contribution in [1.29, 1.82) is 0 Å². The molecule has 3 saturated heterocycles. The summed E-state index contributed by atoms with van der Waals surface area (Å²) in [6.07, 6.45) is 8.97. The molecule has 0 N–H and O–H groups in total. The number of benzene rings is 2. The first-order valence-corrected chi connectivity index (χ1v) is 26.8. The summed E-state index contributed by atoms with van der Waals surface area (Å²) in [5.74, 6) is -0.912. The highest BCUT2D eigenvalue weighted by Crippen LogP contribution is 2.41. The SMILES string of the molecule is C/C=C1\C[C@H]2C=Nc3cc(OCc4cc(OCCN(CCCC(=O)ON5C(=O)CCC5=O)C(=O)CCOCCOCCOCCOC)cc(COc5cc6c(cc5OC)C(=O)N5C/C(=C/C)C[C@H]5C=N6)n4)c(OC)cc3C(=O)N2C1. The number of hydroxylamine groups is 2. The van der Waals surface area contributed by atoms with Gasteiger partial charge in [-0.1, -0.05) is 23.3 Å². The molecular weight excluding hydrogens is 1040 g/mol. The van der Waals surface area contributed by atoms with Crippen molar-refractivity contribution in [2.45, 2.75) is 84.1 Å². The maximum atomic E-state index is 13.8. The summed E-state index contributed by atoms with van der Waals surface area (Å²) < 4.78 is 52.2. The van der Waals surface area contributed by atoms with E-state index in [0.717, 1.165) is 11.1 Å². The smallest absolute Gasteiger partial charge is 0.333 e. The molecule has 0 bridgehead atoms. The number of hydrogen-bond acceptors (Lipinski definition) is 19. The van der Waals surface area contributed by atoms with Crippen molar-refractivity contribution in [3.05, 3.63) is 82.2 Å². The Morgan fingerprint density at radius 2 is 1.12 bits per heavy atom. The van der Waals surface area contributed by atoms with Gasteiger partial charge in [0.1, 0.15) is 25.6 Å². The number of pyridine rings is 1. The summed E-state index contributed by atoms with van der Waals surface area (Å²) in [6.45, 7) is 7.36. The number of fused-ring (bicyclic) bond motifs is 4. The molecule has 5 amide bonds. The van der Waals surface area contributed by atoms with E-state index in [9.17, 15) is 28.8 Å². The van der Waals surface area contributed by atoms with Crippen LogP contribution in [-0.2, 0) is 56.2 Å². The molecule has 23 heteroatoms. The summed E-state index contributed by atoms with van der Waals surface area (Å²) >= 11 is 0. The number of hydrogen-bond donors (Lipinski definition) is 0. The molecular formula is C57H69N7O16. The first-order valence-electron chi connectivity index (χ1n) is 26.8. The lowest BCUT2D eigenvalue weighted by Gasteiger charge is -2.23. The van der Waals surface area contributed by atoms with E-state index in [1.807, 2.05) is 26.0 Å². The summed E-state index contributed by atoms with van der Waals surface area (Å²) in [7, 11) is 4.58. The van der Waals surface area contributed by atoms with Crippen LogP contribution in [0.4, 0.5) is 11.4 Å². The number of ether oxygens (including phenoxy) is 9. The predicted molar refractivity (Wildman–Crippen MR) is 289 cm³/mol. The third-order valence-electron chi connectivity index (χ3n) is 13.9. The van der Waals surface area contributed by atoms with E-state index in [4.69, 9.17) is 62.4 Å². The molecule has 2 aromatic carbocycles. The minimum absolute atomic E-state index is 0.00478. The van der Waals surface area contributed by atoms with Crippen LogP contribution >= 0.6 is 0 Å². The Morgan fingerprint density at radius 3 is 1.62 bits per heavy atom. The summed E-state index contributed by atoms with van der Waals surface area (Å²) in [5, 5.41) is 0.494. The van der Waals surface area contributed by atoms with Gasteiger partial charge in [0.15, 0.2) is 23.0 Å². The number of carbonyl (C=O) groups excluding carboxylic acids is 6.